The lowest BCUT2D eigenvalue weighted by Crippen LogP contribution is -2.31. The van der Waals surface area contributed by atoms with Crippen LogP contribution in [0.3, 0.4) is 0 Å². The summed E-state index contributed by atoms with van der Waals surface area (Å²) < 4.78 is 0. The number of hydrogen-bond acceptors (Lipinski definition) is 1. The summed E-state index contributed by atoms with van der Waals surface area (Å²) in [5, 5.41) is 0. The lowest BCUT2D eigenvalue weighted by molar-refractivity contribution is -0.114. The Labute approximate surface area is 96.6 Å². The SMILES string of the molecule is C#CCN(C(=O)C(=C)C)c1ccc(C)cc1. The zero-order valence-corrected chi connectivity index (χ0v) is 9.66. The van der Waals surface area contributed by atoms with Gasteiger partial charge in [-0.1, -0.05) is 30.2 Å². The van der Waals surface area contributed by atoms with Gasteiger partial charge in [-0.15, -0.1) is 6.42 Å². The lowest BCUT2D eigenvalue weighted by atomic mass is 10.2. The van der Waals surface area contributed by atoms with Crippen molar-refractivity contribution in [1.82, 2.24) is 0 Å². The normalized spacial score (nSPS) is 9.31. The molecular formula is C14H15NO. The van der Waals surface area contributed by atoms with E-state index in [2.05, 4.69) is 12.5 Å². The molecule has 0 spiro atoms. The fourth-order valence-electron chi connectivity index (χ4n) is 1.33. The van der Waals surface area contributed by atoms with Crippen LogP contribution < -0.4 is 4.90 Å². The van der Waals surface area contributed by atoms with Crippen molar-refractivity contribution in [3.63, 3.8) is 0 Å². The summed E-state index contributed by atoms with van der Waals surface area (Å²) in [5.41, 5.74) is 2.43. The number of carbonyl (C=O) groups excluding carboxylic acids is 1. The number of hydrogen-bond donors (Lipinski definition) is 0. The Morgan fingerprint density at radius 2 is 2.00 bits per heavy atom. The Balaban J connectivity index is 3.03. The van der Waals surface area contributed by atoms with Gasteiger partial charge in [-0.3, -0.25) is 9.69 Å². The van der Waals surface area contributed by atoms with Crippen molar-refractivity contribution >= 4 is 11.6 Å². The Kier molecular flexibility index (Phi) is 3.90. The lowest BCUT2D eigenvalue weighted by Gasteiger charge is -2.20. The van der Waals surface area contributed by atoms with E-state index in [0.717, 1.165) is 11.3 Å². The van der Waals surface area contributed by atoms with Crippen LogP contribution in [-0.4, -0.2) is 12.5 Å². The molecule has 0 heterocycles. The summed E-state index contributed by atoms with van der Waals surface area (Å²) >= 11 is 0. The fraction of sp³-hybridized carbons (Fsp3) is 0.214. The number of aryl methyl sites for hydroxylation is 1. The summed E-state index contributed by atoms with van der Waals surface area (Å²) in [6.07, 6.45) is 5.26. The molecule has 0 aliphatic rings. The van der Waals surface area contributed by atoms with E-state index in [9.17, 15) is 4.79 Å². The van der Waals surface area contributed by atoms with Crippen LogP contribution in [0.4, 0.5) is 5.69 Å². The average Bonchev–Trinajstić information content (AvgIpc) is 2.26. The molecule has 1 rings (SSSR count). The number of amides is 1. The zero-order valence-electron chi connectivity index (χ0n) is 9.66. The van der Waals surface area contributed by atoms with Gasteiger partial charge in [-0.05, 0) is 26.0 Å². The first-order valence-corrected chi connectivity index (χ1v) is 5.03. The van der Waals surface area contributed by atoms with Gasteiger partial charge in [0.25, 0.3) is 5.91 Å². The van der Waals surface area contributed by atoms with Crippen LogP contribution in [0.1, 0.15) is 12.5 Å². The van der Waals surface area contributed by atoms with Crippen LogP contribution in [-0.2, 0) is 4.79 Å². The number of anilines is 1. The van der Waals surface area contributed by atoms with E-state index < -0.39 is 0 Å². The van der Waals surface area contributed by atoms with Crippen molar-refractivity contribution in [3.8, 4) is 12.3 Å². The van der Waals surface area contributed by atoms with Gasteiger partial charge >= 0.3 is 0 Å². The van der Waals surface area contributed by atoms with Crippen LogP contribution in [0.2, 0.25) is 0 Å². The molecule has 2 nitrogen and oxygen atoms in total. The minimum Gasteiger partial charge on any atom is -0.297 e. The van der Waals surface area contributed by atoms with E-state index in [1.54, 1.807) is 11.8 Å². The van der Waals surface area contributed by atoms with Crippen LogP contribution in [0.15, 0.2) is 36.4 Å². The molecule has 0 atom stereocenters. The first-order chi connectivity index (χ1) is 7.56. The van der Waals surface area contributed by atoms with Crippen molar-refractivity contribution in [2.24, 2.45) is 0 Å². The smallest absolute Gasteiger partial charge is 0.254 e. The summed E-state index contributed by atoms with van der Waals surface area (Å²) in [7, 11) is 0. The number of benzene rings is 1. The Bertz CT molecular complexity index is 437. The second-order valence-corrected chi connectivity index (χ2v) is 3.71. The summed E-state index contributed by atoms with van der Waals surface area (Å²) in [4.78, 5) is 13.4. The fourth-order valence-corrected chi connectivity index (χ4v) is 1.33. The molecule has 82 valence electrons. The maximum absolute atomic E-state index is 11.8. The van der Waals surface area contributed by atoms with Crippen LogP contribution in [0.25, 0.3) is 0 Å². The molecule has 0 N–H and O–H groups in total. The van der Waals surface area contributed by atoms with Crippen molar-refractivity contribution in [1.29, 1.82) is 0 Å². The van der Waals surface area contributed by atoms with Crippen molar-refractivity contribution < 1.29 is 4.79 Å². The summed E-state index contributed by atoms with van der Waals surface area (Å²) in [6, 6.07) is 7.66. The molecule has 0 unspecified atom stereocenters. The predicted octanol–water partition coefficient (Wildman–Crippen LogP) is 2.54. The Morgan fingerprint density at radius 3 is 2.44 bits per heavy atom. The van der Waals surface area contributed by atoms with Crippen molar-refractivity contribution in [3.05, 3.63) is 42.0 Å². The zero-order chi connectivity index (χ0) is 12.1. The molecule has 1 amide bonds. The molecule has 0 aliphatic heterocycles. The van der Waals surface area contributed by atoms with Crippen LogP contribution in [0.5, 0.6) is 0 Å². The topological polar surface area (TPSA) is 20.3 Å². The molecule has 2 heteroatoms. The van der Waals surface area contributed by atoms with Crippen molar-refractivity contribution in [2.75, 3.05) is 11.4 Å². The molecule has 1 aromatic carbocycles. The quantitative estimate of drug-likeness (QED) is 0.558. The van der Waals surface area contributed by atoms with Crippen molar-refractivity contribution in [2.45, 2.75) is 13.8 Å². The second-order valence-electron chi connectivity index (χ2n) is 3.71. The van der Waals surface area contributed by atoms with E-state index in [1.807, 2.05) is 31.2 Å². The van der Waals surface area contributed by atoms with E-state index >= 15 is 0 Å². The van der Waals surface area contributed by atoms with E-state index in [4.69, 9.17) is 6.42 Å². The number of rotatable bonds is 3. The predicted molar refractivity (Wildman–Crippen MR) is 67.2 cm³/mol. The minimum absolute atomic E-state index is 0.137. The third kappa shape index (κ3) is 2.74. The molecule has 0 aliphatic carbocycles. The number of nitrogens with zero attached hydrogens (tertiary/aromatic N) is 1. The molecule has 0 saturated heterocycles. The third-order valence-corrected chi connectivity index (χ3v) is 2.21. The first-order valence-electron chi connectivity index (χ1n) is 5.03. The highest BCUT2D eigenvalue weighted by atomic mass is 16.2. The highest BCUT2D eigenvalue weighted by Gasteiger charge is 2.14. The van der Waals surface area contributed by atoms with E-state index in [-0.39, 0.29) is 12.5 Å². The highest BCUT2D eigenvalue weighted by molar-refractivity contribution is 6.05. The summed E-state index contributed by atoms with van der Waals surface area (Å²) in [5.74, 6) is 2.34. The third-order valence-electron chi connectivity index (χ3n) is 2.21. The molecule has 0 fully saturated rings. The van der Waals surface area contributed by atoms with Gasteiger partial charge in [0.05, 0.1) is 6.54 Å². The molecule has 0 aromatic heterocycles. The van der Waals surface area contributed by atoms with E-state index in [0.29, 0.717) is 5.57 Å². The average molecular weight is 213 g/mol. The monoisotopic (exact) mass is 213 g/mol. The molecule has 0 saturated carbocycles. The standard InChI is InChI=1S/C14H15NO/c1-5-10-15(14(16)11(2)3)13-8-6-12(4)7-9-13/h1,6-9H,2,10H2,3-4H3. The Morgan fingerprint density at radius 1 is 1.44 bits per heavy atom. The molecular weight excluding hydrogens is 198 g/mol. The maximum atomic E-state index is 11.8. The van der Waals surface area contributed by atoms with Gasteiger partial charge in [0.15, 0.2) is 0 Å². The van der Waals surface area contributed by atoms with Gasteiger partial charge in [-0.25, -0.2) is 0 Å². The highest BCUT2D eigenvalue weighted by Crippen LogP contribution is 2.16. The van der Waals surface area contributed by atoms with Gasteiger partial charge in [0.1, 0.15) is 0 Å². The molecule has 1 aromatic rings. The van der Waals surface area contributed by atoms with Gasteiger partial charge in [0, 0.05) is 11.3 Å². The summed E-state index contributed by atoms with van der Waals surface area (Å²) in [6.45, 7) is 7.58. The van der Waals surface area contributed by atoms with Gasteiger partial charge in [-0.2, -0.15) is 0 Å². The molecule has 0 bridgehead atoms. The second kappa shape index (κ2) is 5.18. The minimum atomic E-state index is -0.137. The first kappa shape index (κ1) is 12.1. The van der Waals surface area contributed by atoms with Gasteiger partial charge in [0.2, 0.25) is 0 Å². The van der Waals surface area contributed by atoms with E-state index in [1.165, 1.54) is 0 Å². The Hall–Kier alpha value is -2.01. The van der Waals surface area contributed by atoms with Crippen LogP contribution in [0, 0.1) is 19.3 Å². The molecule has 16 heavy (non-hydrogen) atoms. The van der Waals surface area contributed by atoms with Gasteiger partial charge < -0.3 is 0 Å². The number of carbonyl (C=O) groups is 1. The molecule has 0 radical (unpaired) electrons. The maximum Gasteiger partial charge on any atom is 0.254 e. The van der Waals surface area contributed by atoms with Crippen LogP contribution >= 0.6 is 0 Å². The number of terminal acetylenes is 1. The largest absolute Gasteiger partial charge is 0.297 e.